The molecule has 1 aromatic carbocycles. The average Bonchev–Trinajstić information content (AvgIpc) is 2.41. The zero-order valence-corrected chi connectivity index (χ0v) is 11.1. The van der Waals surface area contributed by atoms with Crippen molar-refractivity contribution < 1.29 is 28.6 Å². The highest BCUT2D eigenvalue weighted by molar-refractivity contribution is 5.81. The van der Waals surface area contributed by atoms with Crippen LogP contribution in [0.5, 0.6) is 5.75 Å². The molecule has 1 aromatic rings. The standard InChI is InChI=1S/C13H16FNO5/c1-8(20-10-5-3-9(14)4-6-10)12(16)15-7-11(19-2)13(17)18/h3-6,8,11H,7H2,1-2H3,(H,15,16)(H,17,18). The SMILES string of the molecule is COC(CNC(=O)C(C)Oc1ccc(F)cc1)C(=O)O. The van der Waals surface area contributed by atoms with Gasteiger partial charge < -0.3 is 19.9 Å². The van der Waals surface area contributed by atoms with Crippen LogP contribution in [-0.4, -0.2) is 42.8 Å². The minimum absolute atomic E-state index is 0.165. The molecule has 2 atom stereocenters. The van der Waals surface area contributed by atoms with Crippen molar-refractivity contribution >= 4 is 11.9 Å². The smallest absolute Gasteiger partial charge is 0.334 e. The zero-order chi connectivity index (χ0) is 15.1. The fraction of sp³-hybridized carbons (Fsp3) is 0.385. The Kier molecular flexibility index (Phi) is 5.92. The maximum Gasteiger partial charge on any atom is 0.334 e. The van der Waals surface area contributed by atoms with Crippen LogP contribution in [0, 0.1) is 5.82 Å². The van der Waals surface area contributed by atoms with Crippen LogP contribution in [0.25, 0.3) is 0 Å². The van der Waals surface area contributed by atoms with Crippen molar-refractivity contribution in [3.05, 3.63) is 30.1 Å². The van der Waals surface area contributed by atoms with E-state index in [1.54, 1.807) is 0 Å². The number of halogens is 1. The summed E-state index contributed by atoms with van der Waals surface area (Å²) in [6, 6.07) is 5.22. The molecule has 110 valence electrons. The molecular weight excluding hydrogens is 269 g/mol. The Bertz CT molecular complexity index is 462. The molecule has 6 nitrogen and oxygen atoms in total. The Morgan fingerprint density at radius 2 is 1.95 bits per heavy atom. The maximum absolute atomic E-state index is 12.7. The lowest BCUT2D eigenvalue weighted by Gasteiger charge is -2.16. The molecule has 0 saturated carbocycles. The van der Waals surface area contributed by atoms with Gasteiger partial charge in [-0.1, -0.05) is 0 Å². The minimum atomic E-state index is -1.17. The molecule has 0 radical (unpaired) electrons. The van der Waals surface area contributed by atoms with E-state index < -0.39 is 29.9 Å². The van der Waals surface area contributed by atoms with E-state index in [4.69, 9.17) is 9.84 Å². The molecular formula is C13H16FNO5. The molecule has 0 aliphatic heterocycles. The number of carbonyl (C=O) groups excluding carboxylic acids is 1. The quantitative estimate of drug-likeness (QED) is 0.774. The lowest BCUT2D eigenvalue weighted by molar-refractivity contribution is -0.148. The number of methoxy groups -OCH3 is 1. The highest BCUT2D eigenvalue weighted by Crippen LogP contribution is 2.12. The summed E-state index contributed by atoms with van der Waals surface area (Å²) < 4.78 is 22.7. The van der Waals surface area contributed by atoms with E-state index in [0.717, 1.165) is 0 Å². The van der Waals surface area contributed by atoms with Crippen molar-refractivity contribution in [1.29, 1.82) is 0 Å². The third-order valence-corrected chi connectivity index (χ3v) is 2.52. The van der Waals surface area contributed by atoms with Crippen molar-refractivity contribution in [2.45, 2.75) is 19.1 Å². The first kappa shape index (κ1) is 15.9. The van der Waals surface area contributed by atoms with Crippen molar-refractivity contribution in [1.82, 2.24) is 5.32 Å². The molecule has 0 fully saturated rings. The first-order valence-electron chi connectivity index (χ1n) is 5.89. The summed E-state index contributed by atoms with van der Waals surface area (Å²) in [6.45, 7) is 1.34. The first-order valence-corrected chi connectivity index (χ1v) is 5.89. The summed E-state index contributed by atoms with van der Waals surface area (Å²) in [5.74, 6) is -1.72. The number of hydrogen-bond donors (Lipinski definition) is 2. The summed E-state index contributed by atoms with van der Waals surface area (Å²) in [7, 11) is 1.24. The molecule has 0 bridgehead atoms. The van der Waals surface area contributed by atoms with Gasteiger partial charge in [-0.3, -0.25) is 4.79 Å². The summed E-state index contributed by atoms with van der Waals surface area (Å²) in [4.78, 5) is 22.4. The molecule has 20 heavy (non-hydrogen) atoms. The lowest BCUT2D eigenvalue weighted by Crippen LogP contribution is -2.43. The van der Waals surface area contributed by atoms with Gasteiger partial charge in [-0.05, 0) is 31.2 Å². The third-order valence-electron chi connectivity index (χ3n) is 2.52. The Hall–Kier alpha value is -2.15. The van der Waals surface area contributed by atoms with Crippen LogP contribution in [-0.2, 0) is 14.3 Å². The average molecular weight is 285 g/mol. The zero-order valence-electron chi connectivity index (χ0n) is 11.1. The maximum atomic E-state index is 12.7. The van der Waals surface area contributed by atoms with E-state index in [-0.39, 0.29) is 6.54 Å². The predicted molar refractivity (Wildman–Crippen MR) is 67.9 cm³/mol. The Balaban J connectivity index is 2.46. The molecule has 2 N–H and O–H groups in total. The van der Waals surface area contributed by atoms with Gasteiger partial charge in [0.2, 0.25) is 0 Å². The number of amides is 1. The largest absolute Gasteiger partial charge is 0.481 e. The predicted octanol–water partition coefficient (Wildman–Crippen LogP) is 0.809. The van der Waals surface area contributed by atoms with E-state index in [1.165, 1.54) is 38.3 Å². The molecule has 0 aliphatic carbocycles. The third kappa shape index (κ3) is 4.85. The van der Waals surface area contributed by atoms with Crippen molar-refractivity contribution in [2.24, 2.45) is 0 Å². The Morgan fingerprint density at radius 1 is 1.35 bits per heavy atom. The van der Waals surface area contributed by atoms with E-state index in [0.29, 0.717) is 5.75 Å². The van der Waals surface area contributed by atoms with Crippen LogP contribution in [0.2, 0.25) is 0 Å². The minimum Gasteiger partial charge on any atom is -0.481 e. The number of carbonyl (C=O) groups is 2. The van der Waals surface area contributed by atoms with Crippen LogP contribution in [0.4, 0.5) is 4.39 Å². The second-order valence-electron chi connectivity index (χ2n) is 4.02. The number of ether oxygens (including phenoxy) is 2. The summed E-state index contributed by atoms with van der Waals surface area (Å²) in [5.41, 5.74) is 0. The van der Waals surface area contributed by atoms with Gasteiger partial charge in [0.1, 0.15) is 11.6 Å². The van der Waals surface area contributed by atoms with Crippen molar-refractivity contribution in [2.75, 3.05) is 13.7 Å². The highest BCUT2D eigenvalue weighted by atomic mass is 19.1. The van der Waals surface area contributed by atoms with Gasteiger partial charge in [0, 0.05) is 7.11 Å². The van der Waals surface area contributed by atoms with Gasteiger partial charge in [-0.15, -0.1) is 0 Å². The number of aliphatic carboxylic acids is 1. The van der Waals surface area contributed by atoms with Crippen LogP contribution in [0.15, 0.2) is 24.3 Å². The van der Waals surface area contributed by atoms with E-state index in [1.807, 2.05) is 0 Å². The van der Waals surface area contributed by atoms with Crippen LogP contribution < -0.4 is 10.1 Å². The Morgan fingerprint density at radius 3 is 2.45 bits per heavy atom. The van der Waals surface area contributed by atoms with Gasteiger partial charge in [0.05, 0.1) is 6.54 Å². The van der Waals surface area contributed by atoms with Crippen LogP contribution in [0.1, 0.15) is 6.92 Å². The summed E-state index contributed by atoms with van der Waals surface area (Å²) in [6.07, 6.45) is -1.95. The van der Waals surface area contributed by atoms with Gasteiger partial charge in [0.15, 0.2) is 12.2 Å². The molecule has 0 aliphatic rings. The Labute approximate surface area is 115 Å². The fourth-order valence-electron chi connectivity index (χ4n) is 1.38. The fourth-order valence-corrected chi connectivity index (χ4v) is 1.38. The van der Waals surface area contributed by atoms with Gasteiger partial charge >= 0.3 is 5.97 Å². The monoisotopic (exact) mass is 285 g/mol. The summed E-state index contributed by atoms with van der Waals surface area (Å²) in [5, 5.41) is 11.1. The van der Waals surface area contributed by atoms with Gasteiger partial charge in [-0.2, -0.15) is 0 Å². The molecule has 2 unspecified atom stereocenters. The summed E-state index contributed by atoms with van der Waals surface area (Å²) >= 11 is 0. The number of carboxylic acids is 1. The second kappa shape index (κ2) is 7.44. The van der Waals surface area contributed by atoms with E-state index in [9.17, 15) is 14.0 Å². The number of benzene rings is 1. The molecule has 7 heteroatoms. The number of carboxylic acid groups (broad SMARTS) is 1. The number of hydrogen-bond acceptors (Lipinski definition) is 4. The molecule has 0 saturated heterocycles. The number of rotatable bonds is 7. The molecule has 0 aromatic heterocycles. The first-order chi connectivity index (χ1) is 9.43. The molecule has 1 amide bonds. The van der Waals surface area contributed by atoms with Crippen LogP contribution in [0.3, 0.4) is 0 Å². The normalized spacial score (nSPS) is 13.3. The molecule has 1 rings (SSSR count). The van der Waals surface area contributed by atoms with Crippen molar-refractivity contribution in [3.8, 4) is 5.75 Å². The van der Waals surface area contributed by atoms with Gasteiger partial charge in [0.25, 0.3) is 5.91 Å². The molecule has 0 heterocycles. The molecule has 0 spiro atoms. The highest BCUT2D eigenvalue weighted by Gasteiger charge is 2.20. The van der Waals surface area contributed by atoms with E-state index >= 15 is 0 Å². The van der Waals surface area contributed by atoms with E-state index in [2.05, 4.69) is 10.1 Å². The van der Waals surface area contributed by atoms with Crippen molar-refractivity contribution in [3.63, 3.8) is 0 Å². The topological polar surface area (TPSA) is 84.9 Å². The second-order valence-corrected chi connectivity index (χ2v) is 4.02. The van der Waals surface area contributed by atoms with Gasteiger partial charge in [-0.25, -0.2) is 9.18 Å². The number of nitrogens with one attached hydrogen (secondary N) is 1. The van der Waals surface area contributed by atoms with Crippen LogP contribution >= 0.6 is 0 Å². The lowest BCUT2D eigenvalue weighted by atomic mass is 10.3.